The van der Waals surface area contributed by atoms with E-state index < -0.39 is 0 Å². The van der Waals surface area contributed by atoms with Crippen LogP contribution in [-0.4, -0.2) is 18.3 Å². The topological polar surface area (TPSA) is 55.4 Å². The van der Waals surface area contributed by atoms with E-state index in [1.54, 1.807) is 30.3 Å². The van der Waals surface area contributed by atoms with Gasteiger partial charge in [-0.3, -0.25) is 9.59 Å². The van der Waals surface area contributed by atoms with Crippen LogP contribution in [0.2, 0.25) is 0 Å². The molecule has 0 saturated heterocycles. The zero-order valence-corrected chi connectivity index (χ0v) is 13.9. The Kier molecular flexibility index (Phi) is 6.32. The van der Waals surface area contributed by atoms with Crippen LogP contribution in [0.25, 0.3) is 6.08 Å². The molecule has 0 radical (unpaired) electrons. The zero-order chi connectivity index (χ0) is 17.4. The van der Waals surface area contributed by atoms with Gasteiger partial charge in [0, 0.05) is 22.9 Å². The van der Waals surface area contributed by atoms with E-state index in [0.29, 0.717) is 17.9 Å². The maximum atomic E-state index is 12.1. The van der Waals surface area contributed by atoms with E-state index in [1.807, 2.05) is 31.2 Å². The molecule has 1 amide bonds. The zero-order valence-electron chi connectivity index (χ0n) is 13.9. The van der Waals surface area contributed by atoms with Gasteiger partial charge in [0.25, 0.3) is 0 Å². The summed E-state index contributed by atoms with van der Waals surface area (Å²) in [5, 5.41) is 2.75. The molecule has 2 aromatic carbocycles. The van der Waals surface area contributed by atoms with E-state index in [-0.39, 0.29) is 11.7 Å². The maximum absolute atomic E-state index is 12.1. The fourth-order valence-electron chi connectivity index (χ4n) is 2.13. The summed E-state index contributed by atoms with van der Waals surface area (Å²) in [4.78, 5) is 23.4. The number of amides is 1. The van der Waals surface area contributed by atoms with Crippen LogP contribution >= 0.6 is 0 Å². The average Bonchev–Trinajstić information content (AvgIpc) is 2.59. The number of ketones is 1. The summed E-state index contributed by atoms with van der Waals surface area (Å²) in [6.07, 6.45) is 4.09. The van der Waals surface area contributed by atoms with Crippen molar-refractivity contribution in [1.82, 2.24) is 0 Å². The molecule has 124 valence electrons. The fourth-order valence-corrected chi connectivity index (χ4v) is 2.13. The third kappa shape index (κ3) is 5.09. The summed E-state index contributed by atoms with van der Waals surface area (Å²) in [6, 6.07) is 14.4. The third-order valence-corrected chi connectivity index (χ3v) is 3.33. The van der Waals surface area contributed by atoms with Crippen molar-refractivity contribution in [3.05, 3.63) is 65.7 Å². The van der Waals surface area contributed by atoms with E-state index >= 15 is 0 Å². The van der Waals surface area contributed by atoms with Crippen molar-refractivity contribution in [3.8, 4) is 5.75 Å². The number of ether oxygens (including phenoxy) is 1. The highest BCUT2D eigenvalue weighted by molar-refractivity contribution is 6.03. The summed E-state index contributed by atoms with van der Waals surface area (Å²) in [5.74, 6) is 0.451. The Balaban J connectivity index is 2.06. The van der Waals surface area contributed by atoms with Crippen LogP contribution < -0.4 is 10.1 Å². The standard InChI is InChI=1S/C20H21NO3/c1-3-13-24-19-10-5-4-7-16(19)11-12-20(23)21-18-9-6-8-17(14-18)15(2)22/h4-12,14H,3,13H2,1-2H3,(H,21,23)/b12-11+. The van der Waals surface area contributed by atoms with Crippen molar-refractivity contribution in [2.75, 3.05) is 11.9 Å². The Labute approximate surface area is 142 Å². The molecule has 0 bridgehead atoms. The smallest absolute Gasteiger partial charge is 0.248 e. The molecule has 0 fully saturated rings. The van der Waals surface area contributed by atoms with Crippen LogP contribution in [0.4, 0.5) is 5.69 Å². The molecule has 0 atom stereocenters. The highest BCUT2D eigenvalue weighted by Gasteiger charge is 2.04. The van der Waals surface area contributed by atoms with Gasteiger partial charge < -0.3 is 10.1 Å². The molecule has 4 nitrogen and oxygen atoms in total. The van der Waals surface area contributed by atoms with Gasteiger partial charge in [0.05, 0.1) is 6.61 Å². The minimum absolute atomic E-state index is 0.0383. The first-order chi connectivity index (χ1) is 11.6. The lowest BCUT2D eigenvalue weighted by molar-refractivity contribution is -0.111. The first-order valence-corrected chi connectivity index (χ1v) is 7.92. The molecule has 0 spiro atoms. The summed E-state index contributed by atoms with van der Waals surface area (Å²) in [6.45, 7) is 4.17. The lowest BCUT2D eigenvalue weighted by Crippen LogP contribution is -2.08. The molecule has 2 rings (SSSR count). The number of para-hydroxylation sites is 1. The summed E-state index contributed by atoms with van der Waals surface area (Å²) in [5.41, 5.74) is 2.00. The molecule has 2 aromatic rings. The molecule has 24 heavy (non-hydrogen) atoms. The van der Waals surface area contributed by atoms with Crippen LogP contribution in [0.15, 0.2) is 54.6 Å². The Morgan fingerprint density at radius 1 is 1.12 bits per heavy atom. The van der Waals surface area contributed by atoms with E-state index in [1.165, 1.54) is 13.0 Å². The van der Waals surface area contributed by atoms with E-state index in [2.05, 4.69) is 5.32 Å². The highest BCUT2D eigenvalue weighted by atomic mass is 16.5. The van der Waals surface area contributed by atoms with Crippen LogP contribution in [0.3, 0.4) is 0 Å². The van der Waals surface area contributed by atoms with Crippen molar-refractivity contribution in [3.63, 3.8) is 0 Å². The largest absolute Gasteiger partial charge is 0.493 e. The predicted octanol–water partition coefficient (Wildman–Crippen LogP) is 4.33. The normalized spacial score (nSPS) is 10.6. The van der Waals surface area contributed by atoms with Gasteiger partial charge in [-0.15, -0.1) is 0 Å². The first-order valence-electron chi connectivity index (χ1n) is 7.92. The highest BCUT2D eigenvalue weighted by Crippen LogP contribution is 2.20. The number of carbonyl (C=O) groups is 2. The van der Waals surface area contributed by atoms with Crippen molar-refractivity contribution in [1.29, 1.82) is 0 Å². The maximum Gasteiger partial charge on any atom is 0.248 e. The number of carbonyl (C=O) groups excluding carboxylic acids is 2. The molecule has 0 aliphatic heterocycles. The molecule has 0 heterocycles. The molecule has 4 heteroatoms. The Hall–Kier alpha value is -2.88. The van der Waals surface area contributed by atoms with E-state index in [9.17, 15) is 9.59 Å². The van der Waals surface area contributed by atoms with Gasteiger partial charge in [0.2, 0.25) is 5.91 Å². The number of hydrogen-bond donors (Lipinski definition) is 1. The summed E-state index contributed by atoms with van der Waals surface area (Å²) >= 11 is 0. The second-order valence-corrected chi connectivity index (χ2v) is 5.35. The second-order valence-electron chi connectivity index (χ2n) is 5.35. The van der Waals surface area contributed by atoms with Crippen molar-refractivity contribution in [2.24, 2.45) is 0 Å². The SMILES string of the molecule is CCCOc1ccccc1/C=C/C(=O)Nc1cccc(C(C)=O)c1. The number of nitrogens with one attached hydrogen (secondary N) is 1. The second kappa shape index (κ2) is 8.67. The molecule has 0 unspecified atom stereocenters. The van der Waals surface area contributed by atoms with E-state index in [0.717, 1.165) is 17.7 Å². The summed E-state index contributed by atoms with van der Waals surface area (Å²) < 4.78 is 5.66. The number of Topliss-reactive ketones (excluding diaryl/α,β-unsaturated/α-hetero) is 1. The number of benzene rings is 2. The number of anilines is 1. The van der Waals surface area contributed by atoms with E-state index in [4.69, 9.17) is 4.74 Å². The quantitative estimate of drug-likeness (QED) is 0.609. The van der Waals surface area contributed by atoms with Gasteiger partial charge in [0.1, 0.15) is 5.75 Å². The number of rotatable bonds is 7. The van der Waals surface area contributed by atoms with Gasteiger partial charge >= 0.3 is 0 Å². The summed E-state index contributed by atoms with van der Waals surface area (Å²) in [7, 11) is 0. The van der Waals surface area contributed by atoms with Crippen LogP contribution in [0.1, 0.15) is 36.2 Å². The number of hydrogen-bond acceptors (Lipinski definition) is 3. The van der Waals surface area contributed by atoms with Gasteiger partial charge in [0.15, 0.2) is 5.78 Å². The molecule has 0 saturated carbocycles. The molecule has 0 aromatic heterocycles. The molecular formula is C20H21NO3. The van der Waals surface area contributed by atoms with Gasteiger partial charge in [-0.2, -0.15) is 0 Å². The minimum atomic E-state index is -0.263. The van der Waals surface area contributed by atoms with Crippen molar-refractivity contribution in [2.45, 2.75) is 20.3 Å². The lowest BCUT2D eigenvalue weighted by Gasteiger charge is -2.07. The van der Waals surface area contributed by atoms with Gasteiger partial charge in [-0.1, -0.05) is 37.3 Å². The van der Waals surface area contributed by atoms with Crippen molar-refractivity contribution >= 4 is 23.5 Å². The lowest BCUT2D eigenvalue weighted by atomic mass is 10.1. The Morgan fingerprint density at radius 3 is 2.67 bits per heavy atom. The Bertz CT molecular complexity index is 750. The van der Waals surface area contributed by atoms with Crippen LogP contribution in [0.5, 0.6) is 5.75 Å². The predicted molar refractivity (Wildman–Crippen MR) is 96.3 cm³/mol. The molecule has 0 aliphatic rings. The first kappa shape index (κ1) is 17.5. The van der Waals surface area contributed by atoms with Crippen LogP contribution in [0, 0.1) is 0 Å². The van der Waals surface area contributed by atoms with Crippen LogP contribution in [-0.2, 0) is 4.79 Å². The fraction of sp³-hybridized carbons (Fsp3) is 0.200. The van der Waals surface area contributed by atoms with Gasteiger partial charge in [-0.05, 0) is 37.6 Å². The minimum Gasteiger partial charge on any atom is -0.493 e. The van der Waals surface area contributed by atoms with Crippen molar-refractivity contribution < 1.29 is 14.3 Å². The molecule has 1 N–H and O–H groups in total. The average molecular weight is 323 g/mol. The molecule has 0 aliphatic carbocycles. The molecular weight excluding hydrogens is 302 g/mol. The third-order valence-electron chi connectivity index (χ3n) is 3.33. The Morgan fingerprint density at radius 2 is 1.92 bits per heavy atom. The van der Waals surface area contributed by atoms with Gasteiger partial charge in [-0.25, -0.2) is 0 Å². The monoisotopic (exact) mass is 323 g/mol.